The fraction of sp³-hybridized carbons (Fsp3) is 1.00. The van der Waals surface area contributed by atoms with Crippen LogP contribution in [0.4, 0.5) is 0 Å². The minimum atomic E-state index is -5.14. The molecule has 0 saturated heterocycles. The van der Waals surface area contributed by atoms with E-state index in [-0.39, 0.29) is 9.90 Å². The van der Waals surface area contributed by atoms with Crippen LogP contribution in [-0.4, -0.2) is 29.5 Å². The summed E-state index contributed by atoms with van der Waals surface area (Å²) in [6.07, 6.45) is 17.9. The summed E-state index contributed by atoms with van der Waals surface area (Å²) in [6, 6.07) is 0. The lowest BCUT2D eigenvalue weighted by Crippen LogP contribution is -2.12. The van der Waals surface area contributed by atoms with E-state index in [0.29, 0.717) is 0 Å². The Bertz CT molecular complexity index is 237. The second-order valence-electron chi connectivity index (χ2n) is 6.12. The van der Waals surface area contributed by atoms with Gasteiger partial charge in [-0.1, -0.05) is 53.4 Å². The van der Waals surface area contributed by atoms with Crippen LogP contribution in [-0.2, 0) is 4.57 Å². The molecule has 4 nitrogen and oxygen atoms in total. The predicted molar refractivity (Wildman–Crippen MR) is 108 cm³/mol. The van der Waals surface area contributed by atoms with Crippen LogP contribution in [0.1, 0.15) is 79.1 Å². The molecule has 7 heteroatoms. The molecule has 0 aromatic carbocycles. The summed E-state index contributed by atoms with van der Waals surface area (Å²) in [5, 5.41) is 0. The molecule has 0 aromatic rings. The smallest absolute Gasteiger partial charge is 0.0594 e. The highest BCUT2D eigenvalue weighted by Crippen LogP contribution is 2.61. The minimum Gasteiger partial charge on any atom is -0.790 e. The average molecular weight is 390 g/mol. The topological polar surface area (TPSA) is 83.4 Å². The maximum Gasteiger partial charge on any atom is 0.0594 e. The fourth-order valence-corrected chi connectivity index (χ4v) is 7.93. The lowest BCUT2D eigenvalue weighted by Gasteiger charge is -2.28. The molecule has 0 amide bonds. The number of hydrogen-bond acceptors (Lipinski definition) is 3. The van der Waals surface area contributed by atoms with Crippen molar-refractivity contribution < 1.29 is 19.2 Å². The summed E-state index contributed by atoms with van der Waals surface area (Å²) in [7, 11) is -5.70. The molecule has 0 fully saturated rings. The molecule has 0 aliphatic heterocycles. The van der Waals surface area contributed by atoms with Crippen molar-refractivity contribution in [3.8, 4) is 0 Å². The maximum atomic E-state index is 8.66. The van der Waals surface area contributed by atoms with E-state index in [0.717, 1.165) is 0 Å². The third kappa shape index (κ3) is 23.0. The zero-order valence-electron chi connectivity index (χ0n) is 16.1. The van der Waals surface area contributed by atoms with E-state index in [9.17, 15) is 0 Å². The molecule has 0 bridgehead atoms. The highest BCUT2D eigenvalue weighted by Gasteiger charge is 2.34. The Morgan fingerprint density at radius 1 is 0.739 bits per heavy atom. The first-order chi connectivity index (χ1) is 10.2. The zero-order chi connectivity index (χ0) is 17.5. The number of hydrogen-bond donors (Lipinski definition) is 1. The molecular weight excluding hydrogens is 349 g/mol. The molecule has 0 aliphatic carbocycles. The van der Waals surface area contributed by atoms with Gasteiger partial charge in [0.25, 0.3) is 0 Å². The molecule has 144 valence electrons. The first kappa shape index (κ1) is 28.8. The largest absolute Gasteiger partial charge is 0.790 e. The summed E-state index contributed by atoms with van der Waals surface area (Å²) >= 11 is 0. The van der Waals surface area contributed by atoms with Crippen LogP contribution in [0.2, 0.25) is 0 Å². The summed E-state index contributed by atoms with van der Waals surface area (Å²) in [4.78, 5) is 24.3. The summed E-state index contributed by atoms with van der Waals surface area (Å²) in [5.74, 6) is 0. The van der Waals surface area contributed by atoms with Crippen molar-refractivity contribution in [2.75, 3.05) is 24.6 Å². The van der Waals surface area contributed by atoms with Gasteiger partial charge in [-0.05, 0) is 35.6 Å². The fourth-order valence-electron chi connectivity index (χ4n) is 2.64. The van der Waals surface area contributed by atoms with Gasteiger partial charge >= 0.3 is 0 Å². The quantitative estimate of drug-likeness (QED) is 0.514. The Labute approximate surface area is 148 Å². The second kappa shape index (κ2) is 17.8. The zero-order valence-corrected chi connectivity index (χ0v) is 19.8. The van der Waals surface area contributed by atoms with Gasteiger partial charge in [0.2, 0.25) is 0 Å². The highest BCUT2D eigenvalue weighted by molar-refractivity contribution is 7.75. The van der Waals surface area contributed by atoms with Gasteiger partial charge in [0.1, 0.15) is 0 Å². The lowest BCUT2D eigenvalue weighted by atomic mass is 10.4. The van der Waals surface area contributed by atoms with Crippen LogP contribution in [0, 0.1) is 0 Å². The Morgan fingerprint density at radius 3 is 1.04 bits per heavy atom. The number of phosphoric acid groups is 1. The lowest BCUT2D eigenvalue weighted by molar-refractivity contribution is -0.337. The van der Waals surface area contributed by atoms with E-state index in [4.69, 9.17) is 19.2 Å². The first-order valence-electron chi connectivity index (χ1n) is 8.84. The van der Waals surface area contributed by atoms with Gasteiger partial charge in [-0.15, -0.1) is 0 Å². The van der Waals surface area contributed by atoms with Crippen molar-refractivity contribution in [3.63, 3.8) is 0 Å². The highest BCUT2D eigenvalue weighted by atomic mass is 31.2. The molecule has 0 saturated carbocycles. The van der Waals surface area contributed by atoms with E-state index in [1.807, 2.05) is 0 Å². The third-order valence-electron chi connectivity index (χ3n) is 3.94. The molecule has 1 atom stereocenters. The standard InChI is InChI=1S/C16H36P.H3O4P.H3P/c1-5-9-13-17(14-10-6-2,15-11-7-3)16-12-8-4;1-5(2,3)4;/h5-16H2,1-4H3;(H3,1,2,3,4);1H3/q+1;;/p-1. The minimum absolute atomic E-state index is 0. The molecule has 0 spiro atoms. The van der Waals surface area contributed by atoms with E-state index >= 15 is 0 Å². The summed E-state index contributed by atoms with van der Waals surface area (Å²) in [5.41, 5.74) is 0. The van der Waals surface area contributed by atoms with Crippen molar-refractivity contribution >= 4 is 25.0 Å². The van der Waals surface area contributed by atoms with Crippen molar-refractivity contribution in [2.45, 2.75) is 79.1 Å². The molecule has 0 rings (SSSR count). The van der Waals surface area contributed by atoms with Crippen LogP contribution < -0.4 is 9.79 Å². The summed E-state index contributed by atoms with van der Waals surface area (Å²) in [6.45, 7) is 9.42. The Hall–Kier alpha value is 0.970. The van der Waals surface area contributed by atoms with Crippen LogP contribution >= 0.6 is 25.0 Å². The Balaban J connectivity index is -0.000000578. The molecule has 1 unspecified atom stereocenters. The first-order valence-corrected chi connectivity index (χ1v) is 12.9. The van der Waals surface area contributed by atoms with Gasteiger partial charge in [-0.2, -0.15) is 0 Å². The van der Waals surface area contributed by atoms with Gasteiger partial charge in [0.05, 0.1) is 32.5 Å². The maximum absolute atomic E-state index is 8.66. The van der Waals surface area contributed by atoms with Crippen LogP contribution in [0.15, 0.2) is 0 Å². The molecule has 0 aliphatic rings. The molecule has 23 heavy (non-hydrogen) atoms. The monoisotopic (exact) mass is 390 g/mol. The molecule has 1 N–H and O–H groups in total. The second-order valence-corrected chi connectivity index (χ2v) is 11.5. The SMILES string of the molecule is CCCC[P+](CCCC)(CCCC)CCCC.O=P([O-])([O-])O.[PH4+]. The summed E-state index contributed by atoms with van der Waals surface area (Å²) < 4.78 is 8.66. The third-order valence-corrected chi connectivity index (χ3v) is 9.00. The van der Waals surface area contributed by atoms with Crippen LogP contribution in [0.3, 0.4) is 0 Å². The van der Waals surface area contributed by atoms with Gasteiger partial charge in [0.15, 0.2) is 0 Å². The normalized spacial score (nSPS) is 11.4. The van der Waals surface area contributed by atoms with E-state index in [2.05, 4.69) is 27.7 Å². The van der Waals surface area contributed by atoms with Crippen molar-refractivity contribution in [1.82, 2.24) is 0 Å². The van der Waals surface area contributed by atoms with Gasteiger partial charge in [0, 0.05) is 7.26 Å². The van der Waals surface area contributed by atoms with Crippen LogP contribution in [0.5, 0.6) is 0 Å². The van der Waals surface area contributed by atoms with E-state index in [1.165, 1.54) is 51.4 Å². The Kier molecular flexibility index (Phi) is 22.2. The van der Waals surface area contributed by atoms with Gasteiger partial charge < -0.3 is 19.2 Å². The van der Waals surface area contributed by atoms with Crippen molar-refractivity contribution in [1.29, 1.82) is 0 Å². The van der Waals surface area contributed by atoms with Crippen molar-refractivity contribution in [3.05, 3.63) is 0 Å². The number of rotatable bonds is 12. The van der Waals surface area contributed by atoms with Gasteiger partial charge in [-0.25, -0.2) is 0 Å². The number of unbranched alkanes of at least 4 members (excludes halogenated alkanes) is 4. The average Bonchev–Trinajstić information content (AvgIpc) is 2.44. The van der Waals surface area contributed by atoms with E-state index < -0.39 is 15.1 Å². The van der Waals surface area contributed by atoms with Crippen LogP contribution in [0.25, 0.3) is 0 Å². The molecular formula is C16H41O4P3. The predicted octanol–water partition coefficient (Wildman–Crippen LogP) is 3.80. The van der Waals surface area contributed by atoms with E-state index in [1.54, 1.807) is 24.6 Å². The van der Waals surface area contributed by atoms with Gasteiger partial charge in [-0.3, -0.25) is 0 Å². The molecule has 0 heterocycles. The Morgan fingerprint density at radius 2 is 0.913 bits per heavy atom. The molecule has 0 aromatic heterocycles. The van der Waals surface area contributed by atoms with Crippen molar-refractivity contribution in [2.24, 2.45) is 0 Å². The molecule has 0 radical (unpaired) electrons.